The Morgan fingerprint density at radius 1 is 1.12 bits per heavy atom. The van der Waals surface area contributed by atoms with Gasteiger partial charge in [-0.15, -0.1) is 0 Å². The van der Waals surface area contributed by atoms with Gasteiger partial charge >= 0.3 is 5.97 Å². The fourth-order valence-corrected chi connectivity index (χ4v) is 2.28. The van der Waals surface area contributed by atoms with Gasteiger partial charge in [0.05, 0.1) is 37.2 Å². The molecule has 2 N–H and O–H groups in total. The third kappa shape index (κ3) is 7.28. The first-order valence-corrected chi connectivity index (χ1v) is 8.31. The van der Waals surface area contributed by atoms with Crippen molar-refractivity contribution in [3.8, 4) is 0 Å². The van der Waals surface area contributed by atoms with E-state index in [2.05, 4.69) is 15.4 Å². The van der Waals surface area contributed by atoms with Crippen molar-refractivity contribution in [3.05, 3.63) is 33.8 Å². The van der Waals surface area contributed by atoms with Gasteiger partial charge in [-0.2, -0.15) is 0 Å². The lowest BCUT2D eigenvalue weighted by molar-refractivity contribution is -0.141. The summed E-state index contributed by atoms with van der Waals surface area (Å²) in [7, 11) is 2.76. The number of ether oxygens (including phenoxy) is 1. The summed E-state index contributed by atoms with van der Waals surface area (Å²) >= 11 is 11.7. The van der Waals surface area contributed by atoms with Crippen LogP contribution in [-0.4, -0.2) is 62.4 Å². The molecule has 0 bridgehead atoms. The van der Waals surface area contributed by atoms with E-state index in [1.54, 1.807) is 0 Å². The molecule has 0 spiro atoms. The quantitative estimate of drug-likeness (QED) is 0.626. The Morgan fingerprint density at radius 2 is 1.81 bits per heavy atom. The monoisotopic (exact) mass is 403 g/mol. The molecule has 0 saturated carbocycles. The zero-order chi connectivity index (χ0) is 19.7. The number of rotatable bonds is 8. The summed E-state index contributed by atoms with van der Waals surface area (Å²) in [4.78, 5) is 47.8. The fourth-order valence-electron chi connectivity index (χ4n) is 1.79. The van der Waals surface area contributed by atoms with E-state index >= 15 is 0 Å². The number of benzene rings is 1. The third-order valence-electron chi connectivity index (χ3n) is 3.33. The predicted octanol–water partition coefficient (Wildman–Crippen LogP) is 0.861. The standard InChI is InChI=1S/C16H19Cl2N3O5/c1-21(6-5-15(24)26-2)14(23)9-19-13(22)8-20-16(25)11-4-3-10(17)7-12(11)18/h3-4,7H,5-6,8-9H2,1-2H3,(H,19,22)(H,20,25). The number of nitrogens with one attached hydrogen (secondary N) is 2. The van der Waals surface area contributed by atoms with Crippen LogP contribution >= 0.6 is 23.2 Å². The van der Waals surface area contributed by atoms with Crippen LogP contribution in [0.4, 0.5) is 0 Å². The van der Waals surface area contributed by atoms with Crippen LogP contribution < -0.4 is 10.6 Å². The summed E-state index contributed by atoms with van der Waals surface area (Å²) in [5.74, 6) is -1.90. The van der Waals surface area contributed by atoms with E-state index in [4.69, 9.17) is 23.2 Å². The van der Waals surface area contributed by atoms with Gasteiger partial charge in [0.25, 0.3) is 5.91 Å². The first-order valence-electron chi connectivity index (χ1n) is 7.55. The van der Waals surface area contributed by atoms with E-state index in [1.807, 2.05) is 0 Å². The van der Waals surface area contributed by atoms with Gasteiger partial charge in [-0.3, -0.25) is 19.2 Å². The third-order valence-corrected chi connectivity index (χ3v) is 3.87. The first kappa shape index (κ1) is 21.7. The van der Waals surface area contributed by atoms with Crippen LogP contribution in [0.25, 0.3) is 0 Å². The molecule has 26 heavy (non-hydrogen) atoms. The summed E-state index contributed by atoms with van der Waals surface area (Å²) < 4.78 is 4.48. The maximum Gasteiger partial charge on any atom is 0.307 e. The van der Waals surface area contributed by atoms with Gasteiger partial charge in [-0.25, -0.2) is 0 Å². The van der Waals surface area contributed by atoms with Crippen molar-refractivity contribution in [2.24, 2.45) is 0 Å². The maximum absolute atomic E-state index is 12.0. The second-order valence-corrected chi connectivity index (χ2v) is 6.07. The van der Waals surface area contributed by atoms with Gasteiger partial charge in [0.1, 0.15) is 0 Å². The Labute approximate surface area is 160 Å². The SMILES string of the molecule is COC(=O)CCN(C)C(=O)CNC(=O)CNC(=O)c1ccc(Cl)cc1Cl. The number of nitrogens with zero attached hydrogens (tertiary/aromatic N) is 1. The van der Waals surface area contributed by atoms with Crippen molar-refractivity contribution in [1.82, 2.24) is 15.5 Å². The molecule has 0 saturated heterocycles. The molecule has 0 atom stereocenters. The molecular formula is C16H19Cl2N3O5. The molecule has 0 aliphatic rings. The van der Waals surface area contributed by atoms with Gasteiger partial charge in [0, 0.05) is 18.6 Å². The fraction of sp³-hybridized carbons (Fsp3) is 0.375. The number of methoxy groups -OCH3 is 1. The predicted molar refractivity (Wildman–Crippen MR) is 96.1 cm³/mol. The lowest BCUT2D eigenvalue weighted by Crippen LogP contribution is -2.43. The molecule has 0 fully saturated rings. The minimum atomic E-state index is -0.543. The number of carbonyl (C=O) groups excluding carboxylic acids is 4. The van der Waals surface area contributed by atoms with Crippen LogP contribution in [-0.2, 0) is 19.1 Å². The first-order chi connectivity index (χ1) is 12.2. The summed E-state index contributed by atoms with van der Waals surface area (Å²) in [6.45, 7) is -0.405. The number of likely N-dealkylation sites (N-methyl/N-ethyl adjacent to an activating group) is 1. The molecule has 10 heteroatoms. The largest absolute Gasteiger partial charge is 0.469 e. The topological polar surface area (TPSA) is 105 Å². The number of carbonyl (C=O) groups is 4. The average molecular weight is 404 g/mol. The highest BCUT2D eigenvalue weighted by Gasteiger charge is 2.14. The number of hydrogen-bond donors (Lipinski definition) is 2. The van der Waals surface area contributed by atoms with Gasteiger partial charge in [-0.05, 0) is 18.2 Å². The Bertz CT molecular complexity index is 696. The van der Waals surface area contributed by atoms with Crippen LogP contribution in [0.3, 0.4) is 0 Å². The second-order valence-electron chi connectivity index (χ2n) is 5.23. The zero-order valence-corrected chi connectivity index (χ0v) is 15.8. The van der Waals surface area contributed by atoms with Crippen LogP contribution in [0.15, 0.2) is 18.2 Å². The molecule has 0 radical (unpaired) electrons. The van der Waals surface area contributed by atoms with Crippen molar-refractivity contribution in [1.29, 1.82) is 0 Å². The maximum atomic E-state index is 12.0. The normalized spacial score (nSPS) is 10.0. The summed E-state index contributed by atoms with van der Waals surface area (Å²) in [5.41, 5.74) is 0.183. The molecule has 0 unspecified atom stereocenters. The zero-order valence-electron chi connectivity index (χ0n) is 14.3. The minimum absolute atomic E-state index is 0.0601. The molecular weight excluding hydrogens is 385 g/mol. The molecule has 1 aromatic carbocycles. The molecule has 1 aromatic rings. The molecule has 1 rings (SSSR count). The van der Waals surface area contributed by atoms with Crippen molar-refractivity contribution in [2.75, 3.05) is 33.8 Å². The summed E-state index contributed by atoms with van der Waals surface area (Å²) in [6, 6.07) is 4.36. The molecule has 0 heterocycles. The van der Waals surface area contributed by atoms with E-state index < -0.39 is 17.8 Å². The Kier molecular flexibility index (Phi) is 8.87. The lowest BCUT2D eigenvalue weighted by Gasteiger charge is -2.16. The molecule has 8 nitrogen and oxygen atoms in total. The van der Waals surface area contributed by atoms with Gasteiger partial charge in [0.2, 0.25) is 11.8 Å². The van der Waals surface area contributed by atoms with Gasteiger partial charge in [-0.1, -0.05) is 23.2 Å². The number of hydrogen-bond acceptors (Lipinski definition) is 5. The average Bonchev–Trinajstić information content (AvgIpc) is 2.61. The van der Waals surface area contributed by atoms with E-state index in [0.29, 0.717) is 5.02 Å². The highest BCUT2D eigenvalue weighted by atomic mass is 35.5. The Morgan fingerprint density at radius 3 is 2.42 bits per heavy atom. The van der Waals surface area contributed by atoms with Crippen LogP contribution in [0.5, 0.6) is 0 Å². The van der Waals surface area contributed by atoms with E-state index in [9.17, 15) is 19.2 Å². The summed E-state index contributed by atoms with van der Waals surface area (Å²) in [6.07, 6.45) is 0.0601. The van der Waals surface area contributed by atoms with E-state index in [0.717, 1.165) is 0 Å². The highest BCUT2D eigenvalue weighted by Crippen LogP contribution is 2.20. The van der Waals surface area contributed by atoms with Crippen LogP contribution in [0, 0.1) is 0 Å². The van der Waals surface area contributed by atoms with Crippen LogP contribution in [0.2, 0.25) is 10.0 Å². The van der Waals surface area contributed by atoms with Crippen molar-refractivity contribution in [2.45, 2.75) is 6.42 Å². The van der Waals surface area contributed by atoms with E-state index in [1.165, 1.54) is 37.3 Å². The summed E-state index contributed by atoms with van der Waals surface area (Å²) in [5, 5.41) is 5.33. The molecule has 0 aromatic heterocycles. The van der Waals surface area contributed by atoms with Crippen LogP contribution in [0.1, 0.15) is 16.8 Å². The Balaban J connectivity index is 2.36. The van der Waals surface area contributed by atoms with Crippen molar-refractivity contribution >= 4 is 46.9 Å². The highest BCUT2D eigenvalue weighted by molar-refractivity contribution is 6.36. The molecule has 3 amide bonds. The number of amides is 3. The van der Waals surface area contributed by atoms with E-state index in [-0.39, 0.29) is 42.5 Å². The van der Waals surface area contributed by atoms with Crippen molar-refractivity contribution in [3.63, 3.8) is 0 Å². The molecule has 0 aliphatic carbocycles. The molecule has 0 aliphatic heterocycles. The Hall–Kier alpha value is -2.32. The minimum Gasteiger partial charge on any atom is -0.469 e. The molecule has 142 valence electrons. The lowest BCUT2D eigenvalue weighted by atomic mass is 10.2. The van der Waals surface area contributed by atoms with Gasteiger partial charge < -0.3 is 20.3 Å². The second kappa shape index (κ2) is 10.6. The number of esters is 1. The van der Waals surface area contributed by atoms with Crippen molar-refractivity contribution < 1.29 is 23.9 Å². The smallest absolute Gasteiger partial charge is 0.307 e. The van der Waals surface area contributed by atoms with Gasteiger partial charge in [0.15, 0.2) is 0 Å². The number of halogens is 2.